The van der Waals surface area contributed by atoms with E-state index in [9.17, 15) is 35.5 Å². The summed E-state index contributed by atoms with van der Waals surface area (Å²) in [5, 5.41) is 7.09. The Bertz CT molecular complexity index is 483. The molecule has 12 heteroatoms. The van der Waals surface area contributed by atoms with Gasteiger partial charge in [0.05, 0.1) is 0 Å². The largest absolute Gasteiger partial charge is 0.460 e. The lowest BCUT2D eigenvalue weighted by molar-refractivity contribution is -0.343. The van der Waals surface area contributed by atoms with Gasteiger partial charge in [0, 0.05) is 0 Å². The monoisotopic (exact) mass is 311 g/mol. The summed E-state index contributed by atoms with van der Waals surface area (Å²) in [5.74, 6) is -15.3. The summed E-state index contributed by atoms with van der Waals surface area (Å²) in [7, 11) is 0. The highest BCUT2D eigenvalue weighted by molar-refractivity contribution is 7.15. The second kappa shape index (κ2) is 4.58. The van der Waals surface area contributed by atoms with Crippen molar-refractivity contribution in [2.24, 2.45) is 0 Å². The summed E-state index contributed by atoms with van der Waals surface area (Å²) >= 11 is 0.537. The highest BCUT2D eigenvalue weighted by Crippen LogP contribution is 2.46. The van der Waals surface area contributed by atoms with Crippen molar-refractivity contribution >= 4 is 22.4 Å². The maximum atomic E-state index is 12.9. The summed E-state index contributed by atoms with van der Waals surface area (Å²) in [6.07, 6.45) is -6.56. The smallest absolute Gasteiger partial charge is 0.295 e. The van der Waals surface area contributed by atoms with E-state index >= 15 is 0 Å². The quantitative estimate of drug-likeness (QED) is 0.873. The van der Waals surface area contributed by atoms with Gasteiger partial charge < -0.3 is 0 Å². The lowest BCUT2D eigenvalue weighted by Gasteiger charge is -2.26. The van der Waals surface area contributed by atoms with E-state index in [0.29, 0.717) is 11.3 Å². The zero-order valence-corrected chi connectivity index (χ0v) is 9.67. The van der Waals surface area contributed by atoms with Gasteiger partial charge in [0.2, 0.25) is 5.13 Å². The first-order chi connectivity index (χ1) is 8.39. The molecular weight excluding hydrogens is 307 g/mol. The van der Waals surface area contributed by atoms with E-state index in [1.165, 1.54) is 6.92 Å². The third-order valence-electron chi connectivity index (χ3n) is 1.78. The Hall–Kier alpha value is -1.46. The minimum atomic E-state index is -6.56. The summed E-state index contributed by atoms with van der Waals surface area (Å²) < 4.78 is 86.1. The molecule has 0 aliphatic heterocycles. The van der Waals surface area contributed by atoms with Crippen LogP contribution < -0.4 is 5.32 Å². The molecule has 0 bridgehead atoms. The van der Waals surface area contributed by atoms with Gasteiger partial charge >= 0.3 is 23.9 Å². The van der Waals surface area contributed by atoms with Crippen LogP contribution in [0.5, 0.6) is 0 Å². The number of nitrogens with one attached hydrogen (secondary N) is 1. The number of halogens is 7. The van der Waals surface area contributed by atoms with Gasteiger partial charge in [0.15, 0.2) is 0 Å². The topological polar surface area (TPSA) is 54.9 Å². The molecule has 0 atom stereocenters. The Labute approximate surface area is 104 Å². The average molecular weight is 311 g/mol. The van der Waals surface area contributed by atoms with Crippen molar-refractivity contribution in [1.82, 2.24) is 10.2 Å². The molecule has 1 rings (SSSR count). The first kappa shape index (κ1) is 15.6. The number of anilines is 1. The summed E-state index contributed by atoms with van der Waals surface area (Å²) in [6.45, 7) is 1.36. The van der Waals surface area contributed by atoms with Crippen molar-refractivity contribution < 1.29 is 35.5 Å². The minimum absolute atomic E-state index is 0.196. The van der Waals surface area contributed by atoms with Gasteiger partial charge in [-0.1, -0.05) is 11.3 Å². The molecule has 1 amide bonds. The number of alkyl halides is 7. The molecule has 108 valence electrons. The Kier molecular flexibility index (Phi) is 3.76. The second-order valence-electron chi connectivity index (χ2n) is 3.23. The molecule has 0 saturated heterocycles. The van der Waals surface area contributed by atoms with Gasteiger partial charge in [0.1, 0.15) is 5.01 Å². The molecule has 0 fully saturated rings. The highest BCUT2D eigenvalue weighted by atomic mass is 32.1. The molecule has 19 heavy (non-hydrogen) atoms. The van der Waals surface area contributed by atoms with Crippen LogP contribution in [0.2, 0.25) is 0 Å². The van der Waals surface area contributed by atoms with Gasteiger partial charge in [-0.2, -0.15) is 30.7 Å². The van der Waals surface area contributed by atoms with Crippen LogP contribution in [-0.2, 0) is 4.79 Å². The number of carbonyl (C=O) groups excluding carboxylic acids is 1. The predicted molar refractivity (Wildman–Crippen MR) is 49.2 cm³/mol. The van der Waals surface area contributed by atoms with Gasteiger partial charge in [-0.05, 0) is 6.92 Å². The van der Waals surface area contributed by atoms with Gasteiger partial charge in [-0.25, -0.2) is 0 Å². The zero-order valence-electron chi connectivity index (χ0n) is 8.86. The number of aromatic nitrogens is 2. The molecule has 0 saturated carbocycles. The van der Waals surface area contributed by atoms with Crippen LogP contribution in [0.3, 0.4) is 0 Å². The molecular formula is C7H4F7N3OS. The summed E-state index contributed by atoms with van der Waals surface area (Å²) in [4.78, 5) is 10.8. The molecule has 0 aliphatic carbocycles. The van der Waals surface area contributed by atoms with E-state index in [4.69, 9.17) is 0 Å². The van der Waals surface area contributed by atoms with E-state index in [-0.39, 0.29) is 5.01 Å². The van der Waals surface area contributed by atoms with Crippen molar-refractivity contribution in [3.63, 3.8) is 0 Å². The molecule has 0 aliphatic rings. The molecule has 0 radical (unpaired) electrons. The van der Waals surface area contributed by atoms with Crippen LogP contribution in [0.1, 0.15) is 5.01 Å². The number of rotatable bonds is 3. The Morgan fingerprint density at radius 2 is 1.63 bits per heavy atom. The van der Waals surface area contributed by atoms with Crippen molar-refractivity contribution in [1.29, 1.82) is 0 Å². The van der Waals surface area contributed by atoms with E-state index in [1.54, 1.807) is 0 Å². The molecule has 0 spiro atoms. The van der Waals surface area contributed by atoms with E-state index in [0.717, 1.165) is 5.32 Å². The van der Waals surface area contributed by atoms with Crippen LogP contribution in [0.15, 0.2) is 0 Å². The first-order valence-corrected chi connectivity index (χ1v) is 5.15. The standard InChI is InChI=1S/C7H4F7N3OS/c1-2-16-17-4(19-2)15-3(18)5(8,9)6(10,11)7(12,13)14/h1H3,(H,15,17,18). The van der Waals surface area contributed by atoms with Crippen LogP contribution in [0, 0.1) is 6.92 Å². The molecule has 1 N–H and O–H groups in total. The maximum Gasteiger partial charge on any atom is 0.460 e. The minimum Gasteiger partial charge on any atom is -0.295 e. The molecule has 1 aromatic heterocycles. The third kappa shape index (κ3) is 2.77. The fraction of sp³-hybridized carbons (Fsp3) is 0.571. The fourth-order valence-corrected chi connectivity index (χ4v) is 1.43. The van der Waals surface area contributed by atoms with Crippen molar-refractivity contribution in [3.8, 4) is 0 Å². The third-order valence-corrected chi connectivity index (χ3v) is 2.54. The predicted octanol–water partition coefficient (Wildman–Crippen LogP) is 2.62. The van der Waals surface area contributed by atoms with Crippen LogP contribution in [-0.4, -0.2) is 34.1 Å². The average Bonchev–Trinajstić information content (AvgIpc) is 2.61. The number of hydrogen-bond acceptors (Lipinski definition) is 4. The van der Waals surface area contributed by atoms with Gasteiger partial charge in [0.25, 0.3) is 0 Å². The molecule has 0 unspecified atom stereocenters. The fourth-order valence-electron chi connectivity index (χ4n) is 0.843. The van der Waals surface area contributed by atoms with Crippen LogP contribution >= 0.6 is 11.3 Å². The molecule has 0 aromatic carbocycles. The number of amides is 1. The molecule has 4 nitrogen and oxygen atoms in total. The lowest BCUT2D eigenvalue weighted by atomic mass is 10.1. The SMILES string of the molecule is Cc1nnc(NC(=O)C(F)(F)C(F)(F)C(F)(F)F)s1. The molecule has 1 aromatic rings. The number of aryl methyl sites for hydroxylation is 1. The van der Waals surface area contributed by atoms with Crippen molar-refractivity contribution in [3.05, 3.63) is 5.01 Å². The van der Waals surface area contributed by atoms with Crippen LogP contribution in [0.25, 0.3) is 0 Å². The van der Waals surface area contributed by atoms with E-state index in [2.05, 4.69) is 10.2 Å². The van der Waals surface area contributed by atoms with Gasteiger partial charge in [-0.3, -0.25) is 10.1 Å². The van der Waals surface area contributed by atoms with Gasteiger partial charge in [-0.15, -0.1) is 10.2 Å². The van der Waals surface area contributed by atoms with Crippen molar-refractivity contribution in [2.75, 3.05) is 5.32 Å². The maximum absolute atomic E-state index is 12.9. The zero-order chi connectivity index (χ0) is 15.1. The Balaban J connectivity index is 2.97. The van der Waals surface area contributed by atoms with Crippen LogP contribution in [0.4, 0.5) is 35.9 Å². The Morgan fingerprint density at radius 1 is 1.11 bits per heavy atom. The number of carbonyl (C=O) groups is 1. The van der Waals surface area contributed by atoms with E-state index < -0.39 is 29.1 Å². The van der Waals surface area contributed by atoms with E-state index in [1.807, 2.05) is 0 Å². The second-order valence-corrected chi connectivity index (χ2v) is 4.41. The highest BCUT2D eigenvalue weighted by Gasteiger charge is 2.76. The summed E-state index contributed by atoms with van der Waals surface area (Å²) in [5.41, 5.74) is 0. The number of nitrogens with zero attached hydrogens (tertiary/aromatic N) is 2. The lowest BCUT2D eigenvalue weighted by Crippen LogP contribution is -2.57. The Morgan fingerprint density at radius 3 is 2.00 bits per heavy atom. The first-order valence-electron chi connectivity index (χ1n) is 4.33. The molecule has 1 heterocycles. The number of hydrogen-bond donors (Lipinski definition) is 1. The normalized spacial score (nSPS) is 13.5. The van der Waals surface area contributed by atoms with Crippen molar-refractivity contribution in [2.45, 2.75) is 24.9 Å². The summed E-state index contributed by atoms with van der Waals surface area (Å²) in [6, 6.07) is 0.